The molecule has 4 N–H and O–H groups in total. The highest BCUT2D eigenvalue weighted by Crippen LogP contribution is 2.45. The molecule has 43 heavy (non-hydrogen) atoms. The summed E-state index contributed by atoms with van der Waals surface area (Å²) in [5.41, 5.74) is 4.23. The summed E-state index contributed by atoms with van der Waals surface area (Å²) >= 11 is 0. The number of rotatable bonds is 13. The fraction of sp³-hybridized carbons (Fsp3) is 0.793. The monoisotopic (exact) mass is 625 g/mol. The number of carbonyl (C=O) groups is 2. The average molecular weight is 626 g/mol. The topological polar surface area (TPSA) is 173 Å². The summed E-state index contributed by atoms with van der Waals surface area (Å²) < 4.78 is 39.4. The third kappa shape index (κ3) is 9.34. The molecule has 14 heteroatoms. The van der Waals surface area contributed by atoms with Gasteiger partial charge in [0.25, 0.3) is 0 Å². The number of nitrogens with zero attached hydrogens (tertiary/aromatic N) is 2. The molecule has 0 aromatic carbocycles. The van der Waals surface area contributed by atoms with Crippen molar-refractivity contribution in [1.29, 1.82) is 0 Å². The van der Waals surface area contributed by atoms with E-state index >= 15 is 0 Å². The van der Waals surface area contributed by atoms with Crippen LogP contribution in [0.15, 0.2) is 17.1 Å². The highest BCUT2D eigenvalue weighted by molar-refractivity contribution is 7.54. The van der Waals surface area contributed by atoms with Crippen molar-refractivity contribution >= 4 is 25.4 Å². The van der Waals surface area contributed by atoms with Crippen LogP contribution in [0.4, 0.5) is 5.82 Å². The first kappa shape index (κ1) is 33.6. The lowest BCUT2D eigenvalue weighted by atomic mass is 9.98. The number of nitrogens with two attached hydrogens (primary N) is 1. The molecule has 1 aromatic rings. The van der Waals surface area contributed by atoms with Crippen molar-refractivity contribution < 1.29 is 32.9 Å². The Balaban J connectivity index is 1.45. The summed E-state index contributed by atoms with van der Waals surface area (Å²) in [5.74, 6) is -0.949. The zero-order valence-corrected chi connectivity index (χ0v) is 26.5. The molecule has 0 spiro atoms. The van der Waals surface area contributed by atoms with Gasteiger partial charge in [-0.15, -0.1) is 0 Å². The summed E-state index contributed by atoms with van der Waals surface area (Å²) in [7, 11) is -4.04. The van der Waals surface area contributed by atoms with E-state index < -0.39 is 49.2 Å². The van der Waals surface area contributed by atoms with E-state index in [1.165, 1.54) is 16.8 Å². The van der Waals surface area contributed by atoms with E-state index in [-0.39, 0.29) is 24.6 Å². The molecule has 1 saturated heterocycles. The number of nitrogens with one attached hydrogen (secondary N) is 2. The molecular formula is C29H48N5O8P. The Labute approximate surface area is 253 Å². The van der Waals surface area contributed by atoms with Crippen molar-refractivity contribution in [2.45, 2.75) is 140 Å². The van der Waals surface area contributed by atoms with E-state index in [0.29, 0.717) is 19.3 Å². The fourth-order valence-corrected chi connectivity index (χ4v) is 7.81. The van der Waals surface area contributed by atoms with E-state index in [2.05, 4.69) is 15.2 Å². The molecule has 0 amide bonds. The lowest BCUT2D eigenvalue weighted by molar-refractivity contribution is -0.152. The van der Waals surface area contributed by atoms with Crippen LogP contribution in [0.25, 0.3) is 0 Å². The molecule has 2 heterocycles. The lowest BCUT2D eigenvalue weighted by Gasteiger charge is -2.33. The van der Waals surface area contributed by atoms with E-state index in [0.717, 1.165) is 64.2 Å². The van der Waals surface area contributed by atoms with Crippen LogP contribution < -0.4 is 21.6 Å². The molecule has 4 unspecified atom stereocenters. The maximum Gasteiger partial charge on any atom is 0.351 e. The Kier molecular flexibility index (Phi) is 11.8. The van der Waals surface area contributed by atoms with E-state index in [9.17, 15) is 18.9 Å². The summed E-state index contributed by atoms with van der Waals surface area (Å²) in [6, 6.07) is -0.427. The number of anilines is 1. The van der Waals surface area contributed by atoms with Crippen LogP contribution in [0.1, 0.15) is 110 Å². The largest absolute Gasteiger partial charge is 0.461 e. The molecule has 1 aromatic heterocycles. The third-order valence-electron chi connectivity index (χ3n) is 8.65. The normalized spacial score (nSPS) is 26.3. The summed E-state index contributed by atoms with van der Waals surface area (Å²) in [5, 5.41) is 5.60. The minimum atomic E-state index is -4.04. The Bertz CT molecular complexity index is 1160. The second-order valence-corrected chi connectivity index (χ2v) is 14.0. The number of aromatic nitrogens is 2. The molecule has 2 aliphatic carbocycles. The molecule has 1 aliphatic heterocycles. The zero-order chi connectivity index (χ0) is 31.0. The molecule has 4 atom stereocenters. The number of nitrogen functional groups attached to an aromatic ring is 1. The average Bonchev–Trinajstić information content (AvgIpc) is 3.42. The number of ether oxygens (including phenoxy) is 3. The van der Waals surface area contributed by atoms with E-state index in [4.69, 9.17) is 24.5 Å². The second-order valence-electron chi connectivity index (χ2n) is 12.1. The SMILES string of the molecule is CCC1(COP(=O)(NC(C)C(=O)OC2CCCCC2)NC(C)C(=O)OC2CCCCC2)CCC(n2ccc(N)nc2=O)O1. The first-order valence-corrected chi connectivity index (χ1v) is 17.4. The molecule has 242 valence electrons. The number of carbonyl (C=O) groups excluding carboxylic acids is 2. The lowest BCUT2D eigenvalue weighted by Crippen LogP contribution is -2.45. The van der Waals surface area contributed by atoms with Gasteiger partial charge in [-0.05, 0) is 90.5 Å². The Morgan fingerprint density at radius 1 is 1.02 bits per heavy atom. The van der Waals surface area contributed by atoms with Crippen LogP contribution in [-0.2, 0) is 32.9 Å². The minimum Gasteiger partial charge on any atom is -0.461 e. The van der Waals surface area contributed by atoms with Crippen molar-refractivity contribution in [3.8, 4) is 0 Å². The smallest absolute Gasteiger partial charge is 0.351 e. The number of esters is 2. The quantitative estimate of drug-likeness (QED) is 0.212. The van der Waals surface area contributed by atoms with Gasteiger partial charge in [0.2, 0.25) is 0 Å². The van der Waals surface area contributed by atoms with Gasteiger partial charge >= 0.3 is 25.3 Å². The maximum absolute atomic E-state index is 14.3. The first-order chi connectivity index (χ1) is 20.5. The van der Waals surface area contributed by atoms with Crippen LogP contribution in [0.2, 0.25) is 0 Å². The Morgan fingerprint density at radius 2 is 1.56 bits per heavy atom. The first-order valence-electron chi connectivity index (χ1n) is 15.7. The fourth-order valence-electron chi connectivity index (χ4n) is 5.94. The number of hydrogen-bond acceptors (Lipinski definition) is 10. The standard InChI is InChI=1S/C29H48N5O8P/c1-4-29(17-15-25(42-29)34-18-16-24(30)31-28(34)37)19-39-43(38,32-20(2)26(35)40-22-11-7-5-8-12-22)33-21(3)27(36)41-23-13-9-6-10-14-23/h16,18,20-23,25H,4-15,17,19H2,1-3H3,(H2,30,31,37)(H2,32,33,38). The number of hydrogen-bond donors (Lipinski definition) is 3. The Hall–Kier alpha value is -2.31. The van der Waals surface area contributed by atoms with Crippen molar-refractivity contribution in [1.82, 2.24) is 19.7 Å². The molecule has 4 rings (SSSR count). The van der Waals surface area contributed by atoms with Crippen molar-refractivity contribution in [3.05, 3.63) is 22.7 Å². The van der Waals surface area contributed by atoms with Gasteiger partial charge in [-0.25, -0.2) is 15.0 Å². The summed E-state index contributed by atoms with van der Waals surface area (Å²) in [6.07, 6.45) is 11.6. The molecule has 3 aliphatic rings. The molecule has 3 fully saturated rings. The van der Waals surface area contributed by atoms with Crippen molar-refractivity contribution in [2.24, 2.45) is 0 Å². The second kappa shape index (κ2) is 15.1. The van der Waals surface area contributed by atoms with Gasteiger partial charge in [0.15, 0.2) is 0 Å². The third-order valence-corrected chi connectivity index (χ3v) is 10.6. The zero-order valence-electron chi connectivity index (χ0n) is 25.6. The van der Waals surface area contributed by atoms with Crippen LogP contribution >= 0.6 is 7.67 Å². The van der Waals surface area contributed by atoms with Gasteiger partial charge in [-0.2, -0.15) is 4.98 Å². The molecule has 13 nitrogen and oxygen atoms in total. The van der Waals surface area contributed by atoms with E-state index in [1.807, 2.05) is 6.92 Å². The predicted molar refractivity (Wildman–Crippen MR) is 160 cm³/mol. The van der Waals surface area contributed by atoms with Gasteiger partial charge in [0, 0.05) is 6.20 Å². The van der Waals surface area contributed by atoms with E-state index in [1.54, 1.807) is 13.8 Å². The summed E-state index contributed by atoms with van der Waals surface area (Å²) in [6.45, 7) is 4.91. The Morgan fingerprint density at radius 3 is 2.05 bits per heavy atom. The molecule has 2 saturated carbocycles. The van der Waals surface area contributed by atoms with Gasteiger partial charge < -0.3 is 24.5 Å². The van der Waals surface area contributed by atoms with Gasteiger partial charge in [-0.3, -0.25) is 18.7 Å². The van der Waals surface area contributed by atoms with Gasteiger partial charge in [-0.1, -0.05) is 19.8 Å². The van der Waals surface area contributed by atoms with Crippen LogP contribution in [0.5, 0.6) is 0 Å². The van der Waals surface area contributed by atoms with Crippen LogP contribution in [0, 0.1) is 0 Å². The van der Waals surface area contributed by atoms with Gasteiger partial charge in [0.05, 0.1) is 12.2 Å². The van der Waals surface area contributed by atoms with Gasteiger partial charge in [0.1, 0.15) is 36.3 Å². The minimum absolute atomic E-state index is 0.120. The van der Waals surface area contributed by atoms with Crippen LogP contribution in [0.3, 0.4) is 0 Å². The molecule has 0 bridgehead atoms. The molecular weight excluding hydrogens is 577 g/mol. The highest BCUT2D eigenvalue weighted by Gasteiger charge is 2.43. The summed E-state index contributed by atoms with van der Waals surface area (Å²) in [4.78, 5) is 42.1. The highest BCUT2D eigenvalue weighted by atomic mass is 31.2. The van der Waals surface area contributed by atoms with Crippen LogP contribution in [-0.4, -0.2) is 58.0 Å². The van der Waals surface area contributed by atoms with Crippen molar-refractivity contribution in [3.63, 3.8) is 0 Å². The van der Waals surface area contributed by atoms with Crippen molar-refractivity contribution in [2.75, 3.05) is 12.3 Å². The molecule has 0 radical (unpaired) electrons. The predicted octanol–water partition coefficient (Wildman–Crippen LogP) is 4.12. The maximum atomic E-state index is 14.3.